The smallest absolute Gasteiger partial charge is 0.272 e. The highest BCUT2D eigenvalue weighted by atomic mass is 79.9. The molecule has 0 radical (unpaired) electrons. The second kappa shape index (κ2) is 8.59. The van der Waals surface area contributed by atoms with Crippen molar-refractivity contribution in [1.29, 1.82) is 0 Å². The number of thiophene rings is 1. The van der Waals surface area contributed by atoms with E-state index in [0.717, 1.165) is 28.4 Å². The molecule has 0 aliphatic heterocycles. The van der Waals surface area contributed by atoms with Gasteiger partial charge in [0.15, 0.2) is 5.16 Å². The Morgan fingerprint density at radius 1 is 1.25 bits per heavy atom. The van der Waals surface area contributed by atoms with E-state index < -0.39 is 0 Å². The number of rotatable bonds is 7. The molecule has 9 heteroatoms. The van der Waals surface area contributed by atoms with Gasteiger partial charge in [0.05, 0.1) is 11.3 Å². The highest BCUT2D eigenvalue weighted by Gasteiger charge is 2.15. The summed E-state index contributed by atoms with van der Waals surface area (Å²) in [4.78, 5) is 22.0. The highest BCUT2D eigenvalue weighted by molar-refractivity contribution is 9.10. The van der Waals surface area contributed by atoms with Crippen LogP contribution in [0.1, 0.15) is 25.7 Å². The minimum Gasteiger partial charge on any atom is -0.338 e. The summed E-state index contributed by atoms with van der Waals surface area (Å²) >= 11 is 6.39. The molecular formula is C19H17BrN4O2S2. The molecular weight excluding hydrogens is 460 g/mol. The molecule has 4 aromatic rings. The number of fused-ring (bicyclic) bond motifs is 1. The average Bonchev–Trinajstić information content (AvgIpc) is 3.36. The van der Waals surface area contributed by atoms with Crippen molar-refractivity contribution in [3.63, 3.8) is 0 Å². The Balaban J connectivity index is 1.59. The molecule has 1 aromatic carbocycles. The van der Waals surface area contributed by atoms with Gasteiger partial charge in [-0.3, -0.25) is 9.36 Å². The van der Waals surface area contributed by atoms with E-state index in [-0.39, 0.29) is 5.56 Å². The minimum absolute atomic E-state index is 0.0235. The molecule has 144 valence electrons. The van der Waals surface area contributed by atoms with Crippen molar-refractivity contribution in [2.45, 2.75) is 37.2 Å². The van der Waals surface area contributed by atoms with E-state index in [0.29, 0.717) is 33.9 Å². The van der Waals surface area contributed by atoms with E-state index in [1.807, 2.05) is 35.7 Å². The molecule has 0 amide bonds. The fraction of sp³-hybridized carbons (Fsp3) is 0.263. The monoisotopic (exact) mass is 476 g/mol. The van der Waals surface area contributed by atoms with Gasteiger partial charge in [-0.05, 0) is 30.0 Å². The molecule has 0 atom stereocenters. The van der Waals surface area contributed by atoms with Gasteiger partial charge in [-0.1, -0.05) is 58.3 Å². The van der Waals surface area contributed by atoms with Crippen molar-refractivity contribution in [1.82, 2.24) is 19.7 Å². The number of unbranched alkanes of at least 4 members (excludes halogenated alkanes) is 1. The first kappa shape index (κ1) is 19.4. The molecule has 0 spiro atoms. The van der Waals surface area contributed by atoms with Gasteiger partial charge >= 0.3 is 0 Å². The molecule has 6 nitrogen and oxygen atoms in total. The Morgan fingerprint density at radius 2 is 2.11 bits per heavy atom. The third kappa shape index (κ3) is 3.92. The van der Waals surface area contributed by atoms with E-state index in [1.165, 1.54) is 23.1 Å². The summed E-state index contributed by atoms with van der Waals surface area (Å²) in [6, 6.07) is 9.61. The van der Waals surface area contributed by atoms with Crippen LogP contribution in [0.5, 0.6) is 0 Å². The van der Waals surface area contributed by atoms with Gasteiger partial charge in [0.1, 0.15) is 4.70 Å². The van der Waals surface area contributed by atoms with Gasteiger partial charge in [0, 0.05) is 16.6 Å². The predicted octanol–water partition coefficient (Wildman–Crippen LogP) is 5.36. The molecule has 0 saturated carbocycles. The predicted molar refractivity (Wildman–Crippen MR) is 116 cm³/mol. The molecule has 0 N–H and O–H groups in total. The van der Waals surface area contributed by atoms with Gasteiger partial charge in [-0.2, -0.15) is 4.98 Å². The lowest BCUT2D eigenvalue weighted by Gasteiger charge is -2.10. The van der Waals surface area contributed by atoms with Crippen LogP contribution >= 0.6 is 39.0 Å². The van der Waals surface area contributed by atoms with Crippen LogP contribution in [0.3, 0.4) is 0 Å². The topological polar surface area (TPSA) is 73.8 Å². The van der Waals surface area contributed by atoms with Crippen LogP contribution in [0.25, 0.3) is 21.6 Å². The number of nitrogens with zero attached hydrogens (tertiary/aromatic N) is 4. The first-order valence-electron chi connectivity index (χ1n) is 8.85. The number of aromatic nitrogens is 4. The second-order valence-corrected chi connectivity index (χ2v) is 8.83. The van der Waals surface area contributed by atoms with E-state index in [1.54, 1.807) is 4.57 Å². The van der Waals surface area contributed by atoms with Crippen LogP contribution in [-0.4, -0.2) is 19.7 Å². The Bertz CT molecular complexity index is 1170. The van der Waals surface area contributed by atoms with Crippen molar-refractivity contribution in [2.24, 2.45) is 0 Å². The van der Waals surface area contributed by atoms with Crippen LogP contribution < -0.4 is 5.56 Å². The third-order valence-electron chi connectivity index (χ3n) is 4.17. The summed E-state index contributed by atoms with van der Waals surface area (Å²) < 4.78 is 8.78. The van der Waals surface area contributed by atoms with Crippen molar-refractivity contribution in [3.8, 4) is 11.4 Å². The van der Waals surface area contributed by atoms with Gasteiger partial charge in [0.2, 0.25) is 11.7 Å². The van der Waals surface area contributed by atoms with E-state index >= 15 is 0 Å². The molecule has 4 rings (SSSR count). The van der Waals surface area contributed by atoms with Crippen molar-refractivity contribution < 1.29 is 4.52 Å². The largest absolute Gasteiger partial charge is 0.338 e. The first-order chi connectivity index (χ1) is 13.7. The standard InChI is InChI=1S/C19H17BrN4O2S2/c1-2-3-9-24-18(25)16-14(8-10-27-16)21-19(24)28-11-15-22-17(23-26-15)12-6-4-5-7-13(12)20/h4-8,10H,2-3,9,11H2,1H3. The fourth-order valence-corrected chi connectivity index (χ4v) is 4.84. The van der Waals surface area contributed by atoms with Crippen LogP contribution in [0.2, 0.25) is 0 Å². The Morgan fingerprint density at radius 3 is 2.93 bits per heavy atom. The summed E-state index contributed by atoms with van der Waals surface area (Å²) in [6.45, 7) is 2.77. The zero-order valence-electron chi connectivity index (χ0n) is 15.1. The normalized spacial score (nSPS) is 11.4. The highest BCUT2D eigenvalue weighted by Crippen LogP contribution is 2.28. The van der Waals surface area contributed by atoms with Crippen LogP contribution in [0.15, 0.2) is 54.7 Å². The first-order valence-corrected chi connectivity index (χ1v) is 11.5. The van der Waals surface area contributed by atoms with Gasteiger partial charge < -0.3 is 4.52 Å². The van der Waals surface area contributed by atoms with Crippen molar-refractivity contribution in [3.05, 3.63) is 56.4 Å². The molecule has 28 heavy (non-hydrogen) atoms. The zero-order chi connectivity index (χ0) is 19.5. The molecule has 0 fully saturated rings. The quantitative estimate of drug-likeness (QED) is 0.264. The van der Waals surface area contributed by atoms with Crippen molar-refractivity contribution >= 4 is 49.2 Å². The molecule has 0 bridgehead atoms. The average molecular weight is 477 g/mol. The number of hydrogen-bond donors (Lipinski definition) is 0. The number of hydrogen-bond acceptors (Lipinski definition) is 7. The maximum absolute atomic E-state index is 12.8. The van der Waals surface area contributed by atoms with Crippen molar-refractivity contribution in [2.75, 3.05) is 0 Å². The zero-order valence-corrected chi connectivity index (χ0v) is 18.3. The number of thioether (sulfide) groups is 1. The number of halogens is 1. The Kier molecular flexibility index (Phi) is 5.93. The molecule has 0 unspecified atom stereocenters. The lowest BCUT2D eigenvalue weighted by molar-refractivity contribution is 0.391. The minimum atomic E-state index is 0.0235. The fourth-order valence-electron chi connectivity index (χ4n) is 2.74. The maximum atomic E-state index is 12.8. The summed E-state index contributed by atoms with van der Waals surface area (Å²) in [7, 11) is 0. The van der Waals surface area contributed by atoms with Crippen LogP contribution in [0, 0.1) is 0 Å². The van der Waals surface area contributed by atoms with Gasteiger partial charge in [-0.25, -0.2) is 4.98 Å². The number of benzene rings is 1. The lowest BCUT2D eigenvalue weighted by atomic mass is 10.2. The van der Waals surface area contributed by atoms with Crippen LogP contribution in [-0.2, 0) is 12.3 Å². The SMILES string of the molecule is CCCCn1c(SCc2nc(-c3ccccc3Br)no2)nc2ccsc2c1=O. The van der Waals surface area contributed by atoms with Gasteiger partial charge in [0.25, 0.3) is 5.56 Å². The molecule has 0 saturated heterocycles. The maximum Gasteiger partial charge on any atom is 0.272 e. The molecule has 0 aliphatic carbocycles. The van der Waals surface area contributed by atoms with E-state index in [4.69, 9.17) is 4.52 Å². The second-order valence-electron chi connectivity index (χ2n) is 6.12. The Hall–Kier alpha value is -1.97. The molecule has 3 heterocycles. The summed E-state index contributed by atoms with van der Waals surface area (Å²) in [6.07, 6.45) is 1.94. The van der Waals surface area contributed by atoms with Gasteiger partial charge in [-0.15, -0.1) is 11.3 Å². The third-order valence-corrected chi connectivity index (χ3v) is 6.72. The van der Waals surface area contributed by atoms with Crippen LogP contribution in [0.4, 0.5) is 0 Å². The molecule has 3 aromatic heterocycles. The Labute approximate surface area is 178 Å². The lowest BCUT2D eigenvalue weighted by Crippen LogP contribution is -2.22. The summed E-state index contributed by atoms with van der Waals surface area (Å²) in [5.74, 6) is 1.48. The summed E-state index contributed by atoms with van der Waals surface area (Å²) in [5, 5.41) is 6.66. The summed E-state index contributed by atoms with van der Waals surface area (Å²) in [5.41, 5.74) is 1.64. The molecule has 0 aliphatic rings. The van der Waals surface area contributed by atoms with E-state index in [9.17, 15) is 4.79 Å². The van der Waals surface area contributed by atoms with E-state index in [2.05, 4.69) is 38.0 Å².